The zero-order chi connectivity index (χ0) is 18.5. The van der Waals surface area contributed by atoms with E-state index < -0.39 is 46.4 Å². The van der Waals surface area contributed by atoms with Crippen molar-refractivity contribution in [3.05, 3.63) is 28.5 Å². The number of allylic oxidation sites excluding steroid dienone is 2. The minimum Gasteiger partial charge on any atom is -0.507 e. The minimum absolute atomic E-state index is 0.000333. The van der Waals surface area contributed by atoms with Gasteiger partial charge in [0.1, 0.15) is 17.6 Å². The number of Topliss-reactive ketones (excluding diaryl/α,β-unsaturated/α-hetero) is 2. The van der Waals surface area contributed by atoms with Crippen LogP contribution in [0.2, 0.25) is 0 Å². The van der Waals surface area contributed by atoms with E-state index in [2.05, 4.69) is 0 Å². The molecule has 0 amide bonds. The molecule has 2 atom stereocenters. The number of phenols is 2. The first-order valence-electron chi connectivity index (χ1n) is 7.56. The van der Waals surface area contributed by atoms with Gasteiger partial charge in [0.2, 0.25) is 5.78 Å². The van der Waals surface area contributed by atoms with Crippen LogP contribution in [0.15, 0.2) is 11.8 Å². The van der Waals surface area contributed by atoms with Gasteiger partial charge in [0.15, 0.2) is 23.0 Å². The lowest BCUT2D eigenvalue weighted by atomic mass is 9.85. The molecule has 1 aliphatic heterocycles. The molecule has 1 aromatic rings. The van der Waals surface area contributed by atoms with E-state index in [9.17, 15) is 29.7 Å². The van der Waals surface area contributed by atoms with Gasteiger partial charge in [-0.3, -0.25) is 14.4 Å². The number of carbonyl (C=O) groups is 3. The maximum Gasteiger partial charge on any atom is 0.232 e. The fourth-order valence-electron chi connectivity index (χ4n) is 3.17. The summed E-state index contributed by atoms with van der Waals surface area (Å²) in [5, 5.41) is 31.2. The van der Waals surface area contributed by atoms with E-state index >= 15 is 0 Å². The number of rotatable bonds is 3. The van der Waals surface area contributed by atoms with Crippen molar-refractivity contribution in [1.29, 1.82) is 0 Å². The highest BCUT2D eigenvalue weighted by Gasteiger charge is 2.41. The van der Waals surface area contributed by atoms with Gasteiger partial charge in [0.05, 0.1) is 29.9 Å². The van der Waals surface area contributed by atoms with Crippen LogP contribution in [0.1, 0.15) is 52.1 Å². The SMILES string of the molecule is COC1=CC(=O)c2c(O)c3c(c(O)c2C1=O)O[C@@H](CC(C)=O)C[C@H]3O. The Morgan fingerprint density at radius 3 is 2.56 bits per heavy atom. The molecule has 1 aromatic carbocycles. The van der Waals surface area contributed by atoms with E-state index in [-0.39, 0.29) is 35.7 Å². The molecule has 1 aliphatic carbocycles. The van der Waals surface area contributed by atoms with E-state index in [1.165, 1.54) is 14.0 Å². The highest BCUT2D eigenvalue weighted by Crippen LogP contribution is 2.51. The van der Waals surface area contributed by atoms with Gasteiger partial charge in [-0.1, -0.05) is 0 Å². The van der Waals surface area contributed by atoms with Crippen molar-refractivity contribution in [1.82, 2.24) is 0 Å². The van der Waals surface area contributed by atoms with E-state index in [4.69, 9.17) is 9.47 Å². The zero-order valence-electron chi connectivity index (χ0n) is 13.5. The molecule has 3 N–H and O–H groups in total. The average molecular weight is 348 g/mol. The van der Waals surface area contributed by atoms with Crippen LogP contribution in [-0.4, -0.2) is 45.9 Å². The van der Waals surface area contributed by atoms with Crippen LogP contribution in [-0.2, 0) is 9.53 Å². The standard InChI is InChI=1S/C17H16O8/c1-6(18)3-7-4-8(19)12-15(22)11-9(20)5-10(24-2)14(21)13(11)16(23)17(12)25-7/h5,7-8,19,22-23H,3-4H2,1-2H3/t7-,8+/m0/s1. The Bertz CT molecular complexity index is 836. The second kappa shape index (κ2) is 5.89. The molecule has 2 aliphatic rings. The number of phenolic OH excluding ortho intramolecular Hbond substituents is 2. The van der Waals surface area contributed by atoms with Gasteiger partial charge in [-0.05, 0) is 6.92 Å². The van der Waals surface area contributed by atoms with Crippen LogP contribution in [0.5, 0.6) is 17.2 Å². The van der Waals surface area contributed by atoms with Gasteiger partial charge >= 0.3 is 0 Å². The number of ether oxygens (including phenoxy) is 2. The number of hydrogen-bond acceptors (Lipinski definition) is 8. The molecule has 0 saturated carbocycles. The Balaban J connectivity index is 2.21. The Morgan fingerprint density at radius 2 is 1.96 bits per heavy atom. The van der Waals surface area contributed by atoms with E-state index in [0.29, 0.717) is 0 Å². The number of aliphatic hydroxyl groups is 1. The molecular weight excluding hydrogens is 332 g/mol. The molecule has 0 spiro atoms. The molecule has 0 bridgehead atoms. The van der Waals surface area contributed by atoms with Crippen molar-refractivity contribution >= 4 is 17.3 Å². The summed E-state index contributed by atoms with van der Waals surface area (Å²) in [4.78, 5) is 35.9. The summed E-state index contributed by atoms with van der Waals surface area (Å²) in [6, 6.07) is 0. The normalized spacial score (nSPS) is 21.8. The van der Waals surface area contributed by atoms with E-state index in [1.807, 2.05) is 0 Å². The molecule has 8 heteroatoms. The quantitative estimate of drug-likeness (QED) is 0.694. The van der Waals surface area contributed by atoms with E-state index in [1.54, 1.807) is 0 Å². The largest absolute Gasteiger partial charge is 0.507 e. The molecule has 25 heavy (non-hydrogen) atoms. The van der Waals surface area contributed by atoms with Crippen LogP contribution < -0.4 is 4.74 Å². The lowest BCUT2D eigenvalue weighted by molar-refractivity contribution is -0.119. The van der Waals surface area contributed by atoms with Crippen LogP contribution >= 0.6 is 0 Å². The van der Waals surface area contributed by atoms with Crippen molar-refractivity contribution in [3.8, 4) is 17.2 Å². The molecule has 3 rings (SSSR count). The molecule has 0 fully saturated rings. The molecule has 8 nitrogen and oxygen atoms in total. The molecule has 0 saturated heterocycles. The summed E-state index contributed by atoms with van der Waals surface area (Å²) in [7, 11) is 1.19. The fraction of sp³-hybridized carbons (Fsp3) is 0.353. The van der Waals surface area contributed by atoms with Gasteiger partial charge in [0.25, 0.3) is 0 Å². The van der Waals surface area contributed by atoms with Crippen molar-refractivity contribution < 1.29 is 39.2 Å². The van der Waals surface area contributed by atoms with Gasteiger partial charge in [0, 0.05) is 18.9 Å². The Hall–Kier alpha value is -2.87. The summed E-state index contributed by atoms with van der Waals surface area (Å²) < 4.78 is 10.4. The molecular formula is C17H16O8. The molecule has 132 valence electrons. The second-order valence-electron chi connectivity index (χ2n) is 5.99. The maximum atomic E-state index is 12.4. The molecule has 0 unspecified atom stereocenters. The number of ketones is 3. The summed E-state index contributed by atoms with van der Waals surface area (Å²) >= 11 is 0. The number of aromatic hydroxyl groups is 2. The Kier molecular flexibility index (Phi) is 4.00. The van der Waals surface area contributed by atoms with Crippen molar-refractivity contribution in [2.24, 2.45) is 0 Å². The van der Waals surface area contributed by atoms with Crippen LogP contribution in [0.25, 0.3) is 0 Å². The summed E-state index contributed by atoms with van der Waals surface area (Å²) in [5.74, 6) is -3.60. The maximum absolute atomic E-state index is 12.4. The number of methoxy groups -OCH3 is 1. The minimum atomic E-state index is -1.26. The highest BCUT2D eigenvalue weighted by molar-refractivity contribution is 6.26. The summed E-state index contributed by atoms with van der Waals surface area (Å²) in [5.41, 5.74) is -1.03. The second-order valence-corrected chi connectivity index (χ2v) is 5.99. The van der Waals surface area contributed by atoms with Gasteiger partial charge in [-0.2, -0.15) is 0 Å². The van der Waals surface area contributed by atoms with E-state index in [0.717, 1.165) is 6.08 Å². The van der Waals surface area contributed by atoms with Crippen LogP contribution in [0, 0.1) is 0 Å². The number of aliphatic hydroxyl groups excluding tert-OH is 1. The lowest BCUT2D eigenvalue weighted by Gasteiger charge is -2.32. The van der Waals surface area contributed by atoms with Crippen LogP contribution in [0.3, 0.4) is 0 Å². The third-order valence-electron chi connectivity index (χ3n) is 4.24. The number of fused-ring (bicyclic) bond motifs is 2. The summed E-state index contributed by atoms with van der Waals surface area (Å²) in [6.07, 6.45) is -1.09. The topological polar surface area (TPSA) is 130 Å². The van der Waals surface area contributed by atoms with Gasteiger partial charge in [-0.15, -0.1) is 0 Å². The van der Waals surface area contributed by atoms with Gasteiger partial charge in [-0.25, -0.2) is 0 Å². The smallest absolute Gasteiger partial charge is 0.232 e. The van der Waals surface area contributed by atoms with Crippen molar-refractivity contribution in [2.75, 3.05) is 7.11 Å². The van der Waals surface area contributed by atoms with Crippen molar-refractivity contribution in [3.63, 3.8) is 0 Å². The number of benzene rings is 1. The Morgan fingerprint density at radius 1 is 1.28 bits per heavy atom. The summed E-state index contributed by atoms with van der Waals surface area (Å²) in [6.45, 7) is 1.35. The first kappa shape index (κ1) is 17.0. The third kappa shape index (κ3) is 2.54. The number of carbonyl (C=O) groups excluding carboxylic acids is 3. The highest BCUT2D eigenvalue weighted by atomic mass is 16.5. The molecule has 0 radical (unpaired) electrons. The first-order chi connectivity index (χ1) is 11.8. The van der Waals surface area contributed by atoms with Crippen molar-refractivity contribution in [2.45, 2.75) is 32.0 Å². The third-order valence-corrected chi connectivity index (χ3v) is 4.24. The average Bonchev–Trinajstić information content (AvgIpc) is 2.53. The monoisotopic (exact) mass is 348 g/mol. The Labute approximate surface area is 142 Å². The predicted molar refractivity (Wildman–Crippen MR) is 82.8 cm³/mol. The predicted octanol–water partition coefficient (Wildman–Crippen LogP) is 1.17. The molecule has 1 heterocycles. The van der Waals surface area contributed by atoms with Crippen LogP contribution in [0.4, 0.5) is 0 Å². The fourth-order valence-corrected chi connectivity index (χ4v) is 3.17. The molecule has 0 aromatic heterocycles. The zero-order valence-corrected chi connectivity index (χ0v) is 13.5. The number of hydrogen-bond donors (Lipinski definition) is 3. The van der Waals surface area contributed by atoms with Gasteiger partial charge < -0.3 is 24.8 Å². The lowest BCUT2D eigenvalue weighted by Crippen LogP contribution is -2.29. The first-order valence-corrected chi connectivity index (χ1v) is 7.56.